The first-order valence-electron chi connectivity index (χ1n) is 6.93. The van der Waals surface area contributed by atoms with E-state index in [9.17, 15) is 0 Å². The van der Waals surface area contributed by atoms with Crippen molar-refractivity contribution in [2.75, 3.05) is 13.1 Å². The lowest BCUT2D eigenvalue weighted by Crippen LogP contribution is -2.46. The summed E-state index contributed by atoms with van der Waals surface area (Å²) in [6.45, 7) is 13.1. The fraction of sp³-hybridized carbons (Fsp3) is 0.786. The predicted octanol–water partition coefficient (Wildman–Crippen LogP) is 3.97. The fourth-order valence-corrected chi connectivity index (χ4v) is 3.57. The van der Waals surface area contributed by atoms with Crippen molar-refractivity contribution in [3.8, 4) is 0 Å². The zero-order valence-electron chi connectivity index (χ0n) is 12.2. The van der Waals surface area contributed by atoms with E-state index in [-0.39, 0.29) is 0 Å². The summed E-state index contributed by atoms with van der Waals surface area (Å²) in [4.78, 5) is 3.17. The summed E-state index contributed by atoms with van der Waals surface area (Å²) in [7, 11) is 0. The van der Waals surface area contributed by atoms with Gasteiger partial charge in [-0.3, -0.25) is 9.58 Å². The van der Waals surface area contributed by atoms with Crippen LogP contribution in [0, 0.1) is 12.3 Å². The Morgan fingerprint density at radius 2 is 2.11 bits per heavy atom. The molecule has 19 heavy (non-hydrogen) atoms. The van der Waals surface area contributed by atoms with Gasteiger partial charge in [-0.05, 0) is 48.2 Å². The number of alkyl halides is 1. The molecule has 5 heteroatoms. The second-order valence-corrected chi connectivity index (χ2v) is 8.02. The van der Waals surface area contributed by atoms with E-state index >= 15 is 0 Å². The second kappa shape index (κ2) is 5.86. The van der Waals surface area contributed by atoms with Crippen LogP contribution in [0.1, 0.15) is 38.6 Å². The van der Waals surface area contributed by atoms with Crippen molar-refractivity contribution in [2.24, 2.45) is 5.41 Å². The maximum absolute atomic E-state index is 4.58. The number of piperidine rings is 1. The Morgan fingerprint density at radius 3 is 2.68 bits per heavy atom. The maximum atomic E-state index is 4.58. The third-order valence-electron chi connectivity index (χ3n) is 4.00. The van der Waals surface area contributed by atoms with Gasteiger partial charge < -0.3 is 0 Å². The van der Waals surface area contributed by atoms with Crippen LogP contribution >= 0.6 is 31.9 Å². The lowest BCUT2D eigenvalue weighted by atomic mass is 9.84. The predicted molar refractivity (Wildman–Crippen MR) is 86.7 cm³/mol. The van der Waals surface area contributed by atoms with Crippen LogP contribution < -0.4 is 0 Å². The lowest BCUT2D eigenvalue weighted by Gasteiger charge is -2.41. The highest BCUT2D eigenvalue weighted by Crippen LogP contribution is 2.35. The number of halogens is 2. The van der Waals surface area contributed by atoms with E-state index in [4.69, 9.17) is 0 Å². The molecule has 0 radical (unpaired) electrons. The first-order valence-corrected chi connectivity index (χ1v) is 8.64. The Bertz CT molecular complexity index is 454. The van der Waals surface area contributed by atoms with Crippen molar-refractivity contribution in [1.82, 2.24) is 14.7 Å². The Morgan fingerprint density at radius 1 is 1.42 bits per heavy atom. The molecular weight excluding hydrogens is 370 g/mol. The number of nitrogens with zero attached hydrogens (tertiary/aromatic N) is 3. The summed E-state index contributed by atoms with van der Waals surface area (Å²) >= 11 is 7.51. The highest BCUT2D eigenvalue weighted by molar-refractivity contribution is 9.10. The van der Waals surface area contributed by atoms with Crippen LogP contribution in [0.2, 0.25) is 0 Å². The van der Waals surface area contributed by atoms with Crippen LogP contribution in [0.25, 0.3) is 0 Å². The van der Waals surface area contributed by atoms with E-state index in [1.807, 2.05) is 0 Å². The molecule has 0 N–H and O–H groups in total. The molecule has 1 atom stereocenters. The molecule has 2 heterocycles. The third kappa shape index (κ3) is 3.24. The van der Waals surface area contributed by atoms with Gasteiger partial charge in [0, 0.05) is 24.5 Å². The number of aromatic nitrogens is 2. The minimum atomic E-state index is 0.330. The summed E-state index contributed by atoms with van der Waals surface area (Å²) in [5.41, 5.74) is 2.73. The molecule has 0 aliphatic carbocycles. The first kappa shape index (κ1) is 15.5. The molecule has 3 nitrogen and oxygen atoms in total. The Hall–Kier alpha value is 0.130. The van der Waals surface area contributed by atoms with Gasteiger partial charge in [-0.2, -0.15) is 5.10 Å². The molecule has 0 saturated carbocycles. The minimum absolute atomic E-state index is 0.330. The highest BCUT2D eigenvalue weighted by Gasteiger charge is 2.34. The molecule has 0 aromatic carbocycles. The van der Waals surface area contributed by atoms with Gasteiger partial charge in [-0.1, -0.05) is 29.8 Å². The summed E-state index contributed by atoms with van der Waals surface area (Å²) in [6.07, 6.45) is 1.21. The maximum Gasteiger partial charge on any atom is 0.0739 e. The van der Waals surface area contributed by atoms with Crippen molar-refractivity contribution in [2.45, 2.75) is 52.0 Å². The number of hydrogen-bond donors (Lipinski definition) is 0. The SMILES string of the molecule is CCn1nc(C)c(Br)c1CN1CCC(Br)C(C)(C)C1. The Kier molecular flexibility index (Phi) is 4.79. The quantitative estimate of drug-likeness (QED) is 0.725. The van der Waals surface area contributed by atoms with Gasteiger partial charge in [0.2, 0.25) is 0 Å². The van der Waals surface area contributed by atoms with E-state index in [2.05, 4.69) is 74.2 Å². The van der Waals surface area contributed by atoms with E-state index in [1.165, 1.54) is 16.6 Å². The average molecular weight is 393 g/mol. The second-order valence-electron chi connectivity index (χ2n) is 6.12. The molecule has 1 unspecified atom stereocenters. The Labute approximate surface area is 133 Å². The van der Waals surface area contributed by atoms with Gasteiger partial charge in [-0.25, -0.2) is 0 Å². The molecule has 0 spiro atoms. The zero-order valence-corrected chi connectivity index (χ0v) is 15.4. The van der Waals surface area contributed by atoms with Crippen LogP contribution in [0.3, 0.4) is 0 Å². The number of aryl methyl sites for hydroxylation is 2. The summed E-state index contributed by atoms with van der Waals surface area (Å²) in [5.74, 6) is 0. The largest absolute Gasteiger partial charge is 0.297 e. The van der Waals surface area contributed by atoms with Crippen molar-refractivity contribution in [1.29, 1.82) is 0 Å². The summed E-state index contributed by atoms with van der Waals surface area (Å²) < 4.78 is 3.29. The Balaban J connectivity index is 2.14. The molecule has 1 aliphatic rings. The summed E-state index contributed by atoms with van der Waals surface area (Å²) in [5, 5.41) is 4.58. The standard InChI is InChI=1S/C14H23Br2N3/c1-5-19-11(13(16)10(2)17-19)8-18-7-6-12(15)14(3,4)9-18/h12H,5-9H2,1-4H3. The normalized spacial score (nSPS) is 23.8. The lowest BCUT2D eigenvalue weighted by molar-refractivity contribution is 0.117. The average Bonchev–Trinajstić information content (AvgIpc) is 2.61. The fourth-order valence-electron chi connectivity index (χ4n) is 2.81. The highest BCUT2D eigenvalue weighted by atomic mass is 79.9. The molecular formula is C14H23Br2N3. The van der Waals surface area contributed by atoms with Gasteiger partial charge in [0.25, 0.3) is 0 Å². The van der Waals surface area contributed by atoms with Gasteiger partial charge in [-0.15, -0.1) is 0 Å². The van der Waals surface area contributed by atoms with Gasteiger partial charge >= 0.3 is 0 Å². The van der Waals surface area contributed by atoms with Crippen molar-refractivity contribution in [3.05, 3.63) is 15.9 Å². The first-order chi connectivity index (χ1) is 8.85. The number of rotatable bonds is 3. The molecule has 108 valence electrons. The zero-order chi connectivity index (χ0) is 14.2. The monoisotopic (exact) mass is 391 g/mol. The van der Waals surface area contributed by atoms with E-state index in [1.54, 1.807) is 0 Å². The molecule has 2 rings (SSSR count). The van der Waals surface area contributed by atoms with Gasteiger partial charge in [0.05, 0.1) is 15.9 Å². The van der Waals surface area contributed by atoms with Crippen molar-refractivity contribution < 1.29 is 0 Å². The van der Waals surface area contributed by atoms with E-state index < -0.39 is 0 Å². The minimum Gasteiger partial charge on any atom is -0.297 e. The van der Waals surface area contributed by atoms with Crippen LogP contribution in [0.4, 0.5) is 0 Å². The smallest absolute Gasteiger partial charge is 0.0739 e. The molecule has 1 saturated heterocycles. The molecule has 1 aliphatic heterocycles. The van der Waals surface area contributed by atoms with Crippen LogP contribution in [-0.2, 0) is 13.1 Å². The molecule has 0 bridgehead atoms. The van der Waals surface area contributed by atoms with Crippen LogP contribution in [0.5, 0.6) is 0 Å². The molecule has 1 aromatic heterocycles. The topological polar surface area (TPSA) is 21.1 Å². The third-order valence-corrected chi connectivity index (χ3v) is 6.73. The van der Waals surface area contributed by atoms with E-state index in [0.29, 0.717) is 10.2 Å². The van der Waals surface area contributed by atoms with Crippen LogP contribution in [-0.4, -0.2) is 32.6 Å². The number of hydrogen-bond acceptors (Lipinski definition) is 2. The number of likely N-dealkylation sites (tertiary alicyclic amines) is 1. The van der Waals surface area contributed by atoms with Gasteiger partial charge in [0.1, 0.15) is 0 Å². The van der Waals surface area contributed by atoms with Crippen molar-refractivity contribution in [3.63, 3.8) is 0 Å². The molecule has 1 fully saturated rings. The van der Waals surface area contributed by atoms with Gasteiger partial charge in [0.15, 0.2) is 0 Å². The summed E-state index contributed by atoms with van der Waals surface area (Å²) in [6, 6.07) is 0. The van der Waals surface area contributed by atoms with E-state index in [0.717, 1.165) is 31.9 Å². The molecule has 1 aromatic rings. The molecule has 0 amide bonds. The van der Waals surface area contributed by atoms with Crippen molar-refractivity contribution >= 4 is 31.9 Å². The van der Waals surface area contributed by atoms with Crippen LogP contribution in [0.15, 0.2) is 4.47 Å².